The first-order valence-corrected chi connectivity index (χ1v) is 6.28. The second kappa shape index (κ2) is 6.15. The Hall–Kier alpha value is -1.73. The lowest BCUT2D eigenvalue weighted by Gasteiger charge is -2.23. The number of nitrogens with two attached hydrogens (primary N) is 1. The molecule has 1 rings (SSSR count). The molecule has 0 aromatic carbocycles. The van der Waals surface area contributed by atoms with Crippen LogP contribution in [0.1, 0.15) is 40.2 Å². The lowest BCUT2D eigenvalue weighted by Crippen LogP contribution is -2.28. The number of amides is 1. The zero-order valence-electron chi connectivity index (χ0n) is 12.6. The third kappa shape index (κ3) is 5.10. The van der Waals surface area contributed by atoms with Gasteiger partial charge in [-0.1, -0.05) is 13.8 Å². The lowest BCUT2D eigenvalue weighted by molar-refractivity contribution is 0.0634. The molecule has 0 aliphatic heterocycles. The summed E-state index contributed by atoms with van der Waals surface area (Å²) in [6.07, 6.45) is 2.66. The Morgan fingerprint density at radius 2 is 1.80 bits per heavy atom. The van der Waals surface area contributed by atoms with Gasteiger partial charge in [-0.3, -0.25) is 5.32 Å². The minimum atomic E-state index is -0.588. The van der Waals surface area contributed by atoms with Crippen LogP contribution in [0.2, 0.25) is 0 Å². The highest BCUT2D eigenvalue weighted by atomic mass is 16.6. The molecule has 7 nitrogen and oxygen atoms in total. The quantitative estimate of drug-likeness (QED) is 0.819. The van der Waals surface area contributed by atoms with E-state index in [1.807, 2.05) is 13.8 Å². The molecular formula is C13H22N4O3. The number of carbonyl (C=O) groups excluding carboxylic acids is 1. The summed E-state index contributed by atoms with van der Waals surface area (Å²) in [4.78, 5) is 24.4. The Labute approximate surface area is 118 Å². The average molecular weight is 282 g/mol. The van der Waals surface area contributed by atoms with Gasteiger partial charge in [0.05, 0.1) is 6.61 Å². The number of rotatable bonds is 4. The van der Waals surface area contributed by atoms with Crippen LogP contribution in [-0.4, -0.2) is 28.3 Å². The van der Waals surface area contributed by atoms with E-state index in [1.54, 1.807) is 33.2 Å². The molecule has 0 saturated heterocycles. The Morgan fingerprint density at radius 3 is 2.25 bits per heavy atom. The highest BCUT2D eigenvalue weighted by Gasteiger charge is 2.22. The van der Waals surface area contributed by atoms with E-state index in [4.69, 9.17) is 10.6 Å². The van der Waals surface area contributed by atoms with Gasteiger partial charge in [-0.2, -0.15) is 0 Å². The third-order valence-corrected chi connectivity index (χ3v) is 2.49. The number of anilines is 1. The van der Waals surface area contributed by atoms with Crippen molar-refractivity contribution in [1.29, 1.82) is 0 Å². The molecule has 1 aromatic rings. The van der Waals surface area contributed by atoms with Crippen molar-refractivity contribution < 1.29 is 14.4 Å². The maximum absolute atomic E-state index is 11.6. The monoisotopic (exact) mass is 282 g/mol. The summed E-state index contributed by atoms with van der Waals surface area (Å²) in [5, 5.41) is 2.47. The molecule has 1 amide bonds. The second-order valence-corrected chi connectivity index (χ2v) is 6.12. The number of nitrogens with zero attached hydrogens (tertiary/aromatic N) is 2. The number of aromatic nitrogens is 2. The summed E-state index contributed by atoms with van der Waals surface area (Å²) in [6.45, 7) is 9.61. The fraction of sp³-hybridized carbons (Fsp3) is 0.615. The van der Waals surface area contributed by atoms with E-state index in [0.29, 0.717) is 6.61 Å². The van der Waals surface area contributed by atoms with Crippen molar-refractivity contribution in [3.63, 3.8) is 0 Å². The average Bonchev–Trinajstić information content (AvgIpc) is 2.26. The van der Waals surface area contributed by atoms with Crippen LogP contribution >= 0.6 is 0 Å². The van der Waals surface area contributed by atoms with Crippen LogP contribution in [0.25, 0.3) is 0 Å². The van der Waals surface area contributed by atoms with Gasteiger partial charge in [0, 0.05) is 17.8 Å². The van der Waals surface area contributed by atoms with Crippen molar-refractivity contribution in [2.45, 2.75) is 45.6 Å². The number of hydrogen-bond donors (Lipinski definition) is 2. The predicted molar refractivity (Wildman–Crippen MR) is 75.1 cm³/mol. The molecule has 0 bridgehead atoms. The summed E-state index contributed by atoms with van der Waals surface area (Å²) < 4.78 is 5.11. The maximum atomic E-state index is 11.6. The minimum absolute atomic E-state index is 0.187. The van der Waals surface area contributed by atoms with E-state index >= 15 is 0 Å². The van der Waals surface area contributed by atoms with Crippen molar-refractivity contribution >= 4 is 12.0 Å². The van der Waals surface area contributed by atoms with Gasteiger partial charge in [0.25, 0.3) is 0 Å². The van der Waals surface area contributed by atoms with Crippen molar-refractivity contribution in [2.75, 3.05) is 11.9 Å². The number of hydrogen-bond acceptors (Lipinski definition) is 6. The number of nitrogens with one attached hydrogen (secondary N) is 1. The topological polar surface area (TPSA) is 99.4 Å². The zero-order valence-corrected chi connectivity index (χ0v) is 12.6. The first-order chi connectivity index (χ1) is 9.14. The summed E-state index contributed by atoms with van der Waals surface area (Å²) in [5.74, 6) is 5.28. The molecule has 0 fully saturated rings. The smallest absolute Gasteiger partial charge is 0.414 e. The van der Waals surface area contributed by atoms with E-state index in [1.165, 1.54) is 0 Å². The molecule has 0 unspecified atom stereocenters. The Bertz CT molecular complexity index is 452. The van der Waals surface area contributed by atoms with E-state index in [0.717, 1.165) is 5.56 Å². The second-order valence-electron chi connectivity index (χ2n) is 6.12. The van der Waals surface area contributed by atoms with Gasteiger partial charge in [0.15, 0.2) is 0 Å². The maximum Gasteiger partial charge on any atom is 0.414 e. The summed E-state index contributed by atoms with van der Waals surface area (Å²) in [6, 6.07) is 0. The summed E-state index contributed by atoms with van der Waals surface area (Å²) >= 11 is 0. The van der Waals surface area contributed by atoms with Crippen LogP contribution in [0.5, 0.6) is 0 Å². The first kappa shape index (κ1) is 16.3. The molecule has 0 saturated carbocycles. The van der Waals surface area contributed by atoms with Gasteiger partial charge in [0.2, 0.25) is 5.95 Å². The standard InChI is InChI=1S/C13H22N4O3/c1-12(2,3)20-11(18)17-10-15-6-9(7-16-10)13(4,5)8-19-14/h6-7H,8,14H2,1-5H3,(H,15,16,17,18). The molecule has 112 valence electrons. The molecule has 1 heterocycles. The van der Waals surface area contributed by atoms with Gasteiger partial charge in [-0.15, -0.1) is 0 Å². The SMILES string of the molecule is CC(C)(C)OC(=O)Nc1ncc(C(C)(C)CON)cn1. The van der Waals surface area contributed by atoms with E-state index in [9.17, 15) is 4.79 Å². The van der Waals surface area contributed by atoms with Crippen LogP contribution in [0.15, 0.2) is 12.4 Å². The van der Waals surface area contributed by atoms with Gasteiger partial charge < -0.3 is 9.57 Å². The fourth-order valence-corrected chi connectivity index (χ4v) is 1.43. The number of carbonyl (C=O) groups is 1. The largest absolute Gasteiger partial charge is 0.444 e. The fourth-order valence-electron chi connectivity index (χ4n) is 1.43. The van der Waals surface area contributed by atoms with Gasteiger partial charge in [0.1, 0.15) is 5.60 Å². The zero-order chi connectivity index (χ0) is 15.4. The van der Waals surface area contributed by atoms with Crippen LogP contribution in [0.4, 0.5) is 10.7 Å². The van der Waals surface area contributed by atoms with Crippen LogP contribution in [0.3, 0.4) is 0 Å². The highest BCUT2D eigenvalue weighted by Crippen LogP contribution is 2.22. The molecule has 0 spiro atoms. The first-order valence-electron chi connectivity index (χ1n) is 6.28. The molecule has 3 N–H and O–H groups in total. The molecular weight excluding hydrogens is 260 g/mol. The predicted octanol–water partition coefficient (Wildman–Crippen LogP) is 1.99. The van der Waals surface area contributed by atoms with E-state index < -0.39 is 11.7 Å². The summed E-state index contributed by atoms with van der Waals surface area (Å²) in [7, 11) is 0. The van der Waals surface area contributed by atoms with Gasteiger partial charge in [-0.05, 0) is 26.3 Å². The van der Waals surface area contributed by atoms with Crippen LogP contribution < -0.4 is 11.2 Å². The van der Waals surface area contributed by atoms with Crippen molar-refractivity contribution in [3.05, 3.63) is 18.0 Å². The molecule has 0 radical (unpaired) electrons. The van der Waals surface area contributed by atoms with E-state index in [2.05, 4.69) is 20.1 Å². The van der Waals surface area contributed by atoms with Gasteiger partial charge in [-0.25, -0.2) is 20.7 Å². The van der Waals surface area contributed by atoms with Crippen molar-refractivity contribution in [1.82, 2.24) is 9.97 Å². The van der Waals surface area contributed by atoms with Gasteiger partial charge >= 0.3 is 6.09 Å². The number of ether oxygens (including phenoxy) is 1. The Balaban J connectivity index is 2.70. The molecule has 1 aromatic heterocycles. The lowest BCUT2D eigenvalue weighted by atomic mass is 9.88. The van der Waals surface area contributed by atoms with Crippen molar-refractivity contribution in [3.8, 4) is 0 Å². The van der Waals surface area contributed by atoms with Crippen LogP contribution in [0, 0.1) is 0 Å². The van der Waals surface area contributed by atoms with E-state index in [-0.39, 0.29) is 11.4 Å². The Kier molecular flexibility index (Phi) is 5.02. The van der Waals surface area contributed by atoms with Crippen molar-refractivity contribution in [2.24, 2.45) is 5.90 Å². The van der Waals surface area contributed by atoms with Crippen LogP contribution in [-0.2, 0) is 15.0 Å². The molecule has 7 heteroatoms. The molecule has 20 heavy (non-hydrogen) atoms. The minimum Gasteiger partial charge on any atom is -0.444 e. The normalized spacial score (nSPS) is 12.1. The summed E-state index contributed by atoms with van der Waals surface area (Å²) in [5.41, 5.74) is -0.0124. The molecule has 0 atom stereocenters. The third-order valence-electron chi connectivity index (χ3n) is 2.49. The Morgan fingerprint density at radius 1 is 1.25 bits per heavy atom. The molecule has 0 aliphatic rings. The molecule has 0 aliphatic carbocycles. The highest BCUT2D eigenvalue weighted by molar-refractivity contribution is 5.82.